The lowest BCUT2D eigenvalue weighted by Crippen LogP contribution is -2.56. The van der Waals surface area contributed by atoms with Crippen molar-refractivity contribution in [3.63, 3.8) is 0 Å². The van der Waals surface area contributed by atoms with Gasteiger partial charge in [-0.25, -0.2) is 4.79 Å². The van der Waals surface area contributed by atoms with E-state index >= 15 is 0 Å². The molecule has 0 aliphatic heterocycles. The summed E-state index contributed by atoms with van der Waals surface area (Å²) < 4.78 is 0. The Labute approximate surface area is 148 Å². The molecule has 1 unspecified atom stereocenters. The number of likely N-dealkylation sites (N-methyl/N-ethyl adjacent to an activating group) is 1. The van der Waals surface area contributed by atoms with Crippen LogP contribution in [0.15, 0.2) is 30.3 Å². The number of rotatable bonds is 6. The smallest absolute Gasteiger partial charge is 0.329 e. The van der Waals surface area contributed by atoms with E-state index in [1.165, 1.54) is 11.8 Å². The Morgan fingerprint density at radius 3 is 2.28 bits per heavy atom. The molecule has 1 aliphatic carbocycles. The lowest BCUT2D eigenvalue weighted by atomic mass is 9.80. The lowest BCUT2D eigenvalue weighted by molar-refractivity contribution is -0.160. The molecule has 0 spiro atoms. The number of carboxylic acids is 1. The van der Waals surface area contributed by atoms with E-state index < -0.39 is 17.6 Å². The molecule has 6 heteroatoms. The number of amides is 2. The van der Waals surface area contributed by atoms with Crippen LogP contribution in [0.4, 0.5) is 0 Å². The van der Waals surface area contributed by atoms with Crippen LogP contribution in [0.3, 0.4) is 0 Å². The van der Waals surface area contributed by atoms with E-state index in [1.807, 2.05) is 30.3 Å². The Morgan fingerprint density at radius 2 is 1.76 bits per heavy atom. The maximum Gasteiger partial charge on any atom is 0.329 e. The molecule has 2 N–H and O–H groups in total. The molecule has 1 aromatic carbocycles. The van der Waals surface area contributed by atoms with Crippen LogP contribution in [-0.4, -0.2) is 40.4 Å². The molecule has 6 nitrogen and oxygen atoms in total. The first-order valence-electron chi connectivity index (χ1n) is 8.69. The molecule has 1 fully saturated rings. The maximum absolute atomic E-state index is 12.8. The number of carbonyl (C=O) groups excluding carboxylic acids is 2. The van der Waals surface area contributed by atoms with Crippen molar-refractivity contribution >= 4 is 17.8 Å². The predicted octanol–water partition coefficient (Wildman–Crippen LogP) is 2.50. The Bertz CT molecular complexity index is 624. The molecule has 2 amide bonds. The van der Waals surface area contributed by atoms with Gasteiger partial charge >= 0.3 is 5.97 Å². The van der Waals surface area contributed by atoms with Gasteiger partial charge in [0.15, 0.2) is 0 Å². The second kappa shape index (κ2) is 8.14. The van der Waals surface area contributed by atoms with Crippen LogP contribution in [0, 0.1) is 0 Å². The summed E-state index contributed by atoms with van der Waals surface area (Å²) in [5.41, 5.74) is -0.306. The van der Waals surface area contributed by atoms with E-state index in [2.05, 4.69) is 5.32 Å². The van der Waals surface area contributed by atoms with Crippen LogP contribution in [0.1, 0.15) is 57.1 Å². The summed E-state index contributed by atoms with van der Waals surface area (Å²) >= 11 is 0. The summed E-state index contributed by atoms with van der Waals surface area (Å²) in [6.45, 7) is 1.41. The Kier molecular flexibility index (Phi) is 6.17. The fraction of sp³-hybridized carbons (Fsp3) is 0.526. The normalized spacial score (nSPS) is 17.4. The summed E-state index contributed by atoms with van der Waals surface area (Å²) in [6, 6.07) is 8.78. The molecule has 0 aromatic heterocycles. The minimum atomic E-state index is -1.13. The standard InChI is InChI=1S/C19H26N2O4/c1-14(22)20-16(15-9-5-3-6-10-15)13-17(23)21(2)19(18(24)25)11-7-4-8-12-19/h3,5-6,9-10,16H,4,7-8,11-13H2,1-2H3,(H,20,22)(H,24,25). The van der Waals surface area contributed by atoms with Gasteiger partial charge < -0.3 is 15.3 Å². The fourth-order valence-corrected chi connectivity index (χ4v) is 3.56. The molecule has 0 heterocycles. The van der Waals surface area contributed by atoms with E-state index in [1.54, 1.807) is 7.05 Å². The molecular formula is C19H26N2O4. The third kappa shape index (κ3) is 4.38. The Morgan fingerprint density at radius 1 is 1.16 bits per heavy atom. The van der Waals surface area contributed by atoms with Gasteiger partial charge in [0.1, 0.15) is 5.54 Å². The highest BCUT2D eigenvalue weighted by molar-refractivity contribution is 5.87. The molecule has 25 heavy (non-hydrogen) atoms. The molecule has 1 aliphatic rings. The quantitative estimate of drug-likeness (QED) is 0.828. The van der Waals surface area contributed by atoms with Gasteiger partial charge in [-0.05, 0) is 18.4 Å². The van der Waals surface area contributed by atoms with Crippen LogP contribution in [0.2, 0.25) is 0 Å². The highest BCUT2D eigenvalue weighted by Crippen LogP contribution is 2.34. The molecule has 1 atom stereocenters. The number of carboxylic acid groups (broad SMARTS) is 1. The number of carbonyl (C=O) groups is 3. The minimum absolute atomic E-state index is 0.0368. The SMILES string of the molecule is CC(=O)NC(CC(=O)N(C)C1(C(=O)O)CCCCC1)c1ccccc1. The molecule has 1 aromatic rings. The first-order chi connectivity index (χ1) is 11.9. The average molecular weight is 346 g/mol. The Hall–Kier alpha value is -2.37. The van der Waals surface area contributed by atoms with E-state index in [-0.39, 0.29) is 18.2 Å². The second-order valence-corrected chi connectivity index (χ2v) is 6.72. The summed E-state index contributed by atoms with van der Waals surface area (Å²) in [4.78, 5) is 37.6. The van der Waals surface area contributed by atoms with Crippen molar-refractivity contribution in [3.05, 3.63) is 35.9 Å². The number of nitrogens with one attached hydrogen (secondary N) is 1. The minimum Gasteiger partial charge on any atom is -0.479 e. The monoisotopic (exact) mass is 346 g/mol. The predicted molar refractivity (Wildman–Crippen MR) is 93.8 cm³/mol. The third-order valence-electron chi connectivity index (χ3n) is 5.05. The van der Waals surface area contributed by atoms with Crippen LogP contribution in [-0.2, 0) is 14.4 Å². The van der Waals surface area contributed by atoms with Crippen molar-refractivity contribution in [3.8, 4) is 0 Å². The van der Waals surface area contributed by atoms with Crippen molar-refractivity contribution in [1.82, 2.24) is 10.2 Å². The molecule has 136 valence electrons. The van der Waals surface area contributed by atoms with Crippen molar-refractivity contribution < 1.29 is 19.5 Å². The highest BCUT2D eigenvalue weighted by atomic mass is 16.4. The zero-order valence-corrected chi connectivity index (χ0v) is 14.8. The Balaban J connectivity index is 2.19. The number of hydrogen-bond acceptors (Lipinski definition) is 3. The first kappa shape index (κ1) is 19.0. The topological polar surface area (TPSA) is 86.7 Å². The van der Waals surface area contributed by atoms with E-state index in [4.69, 9.17) is 0 Å². The van der Waals surface area contributed by atoms with Crippen LogP contribution in [0.25, 0.3) is 0 Å². The van der Waals surface area contributed by atoms with Crippen LogP contribution in [0.5, 0.6) is 0 Å². The van der Waals surface area contributed by atoms with Crippen molar-refractivity contribution in [1.29, 1.82) is 0 Å². The second-order valence-electron chi connectivity index (χ2n) is 6.72. The zero-order valence-electron chi connectivity index (χ0n) is 14.8. The summed E-state index contributed by atoms with van der Waals surface area (Å²) in [5, 5.41) is 12.5. The molecule has 0 radical (unpaired) electrons. The van der Waals surface area contributed by atoms with Gasteiger partial charge in [-0.2, -0.15) is 0 Å². The van der Waals surface area contributed by atoms with Gasteiger partial charge in [-0.1, -0.05) is 49.6 Å². The molecular weight excluding hydrogens is 320 g/mol. The van der Waals surface area contributed by atoms with E-state index in [0.29, 0.717) is 12.8 Å². The lowest BCUT2D eigenvalue weighted by Gasteiger charge is -2.41. The molecule has 0 saturated heterocycles. The van der Waals surface area contributed by atoms with E-state index in [0.717, 1.165) is 24.8 Å². The largest absolute Gasteiger partial charge is 0.479 e. The average Bonchev–Trinajstić information content (AvgIpc) is 2.61. The van der Waals surface area contributed by atoms with Crippen molar-refractivity contribution in [2.75, 3.05) is 7.05 Å². The number of aliphatic carboxylic acids is 1. The third-order valence-corrected chi connectivity index (χ3v) is 5.05. The van der Waals surface area contributed by atoms with Crippen molar-refractivity contribution in [2.24, 2.45) is 0 Å². The van der Waals surface area contributed by atoms with Gasteiger partial charge in [0.25, 0.3) is 0 Å². The van der Waals surface area contributed by atoms with Crippen LogP contribution >= 0.6 is 0 Å². The van der Waals surface area contributed by atoms with Gasteiger partial charge in [0.2, 0.25) is 11.8 Å². The number of hydrogen-bond donors (Lipinski definition) is 2. The molecule has 0 bridgehead atoms. The first-order valence-corrected chi connectivity index (χ1v) is 8.69. The summed E-state index contributed by atoms with van der Waals surface area (Å²) in [6.07, 6.45) is 3.58. The van der Waals surface area contributed by atoms with Gasteiger partial charge in [0.05, 0.1) is 12.5 Å². The van der Waals surface area contributed by atoms with Crippen LogP contribution < -0.4 is 5.32 Å². The molecule has 1 saturated carbocycles. The summed E-state index contributed by atoms with van der Waals surface area (Å²) in [5.74, 6) is -1.44. The number of nitrogens with zero attached hydrogens (tertiary/aromatic N) is 1. The zero-order chi connectivity index (χ0) is 18.4. The number of benzene rings is 1. The van der Waals surface area contributed by atoms with Gasteiger partial charge in [-0.15, -0.1) is 0 Å². The maximum atomic E-state index is 12.8. The van der Waals surface area contributed by atoms with Gasteiger partial charge in [-0.3, -0.25) is 9.59 Å². The van der Waals surface area contributed by atoms with Gasteiger partial charge in [0, 0.05) is 14.0 Å². The summed E-state index contributed by atoms with van der Waals surface area (Å²) in [7, 11) is 1.57. The van der Waals surface area contributed by atoms with E-state index in [9.17, 15) is 19.5 Å². The molecule has 2 rings (SSSR count). The van der Waals surface area contributed by atoms with Crippen molar-refractivity contribution in [2.45, 2.75) is 57.0 Å². The highest BCUT2D eigenvalue weighted by Gasteiger charge is 2.45. The fourth-order valence-electron chi connectivity index (χ4n) is 3.56.